The third kappa shape index (κ3) is 3.42. The van der Waals surface area contributed by atoms with Crippen molar-refractivity contribution in [3.8, 4) is 0 Å². The average Bonchev–Trinajstić information content (AvgIpc) is 2.31. The molecule has 0 N–H and O–H groups in total. The summed E-state index contributed by atoms with van der Waals surface area (Å²) in [7, 11) is 0. The highest BCUT2D eigenvalue weighted by Gasteiger charge is 2.19. The van der Waals surface area contributed by atoms with E-state index in [2.05, 4.69) is 12.6 Å². The van der Waals surface area contributed by atoms with Gasteiger partial charge in [0.25, 0.3) is 5.91 Å². The van der Waals surface area contributed by atoms with E-state index < -0.39 is 0 Å². The number of rotatable bonds is 1. The maximum Gasteiger partial charge on any atom is 0.255 e. The van der Waals surface area contributed by atoms with Crippen molar-refractivity contribution in [3.05, 3.63) is 28.8 Å². The third-order valence-electron chi connectivity index (χ3n) is 3.32. The number of halogens is 1. The first kappa shape index (κ1) is 13.8. The molecule has 0 spiro atoms. The molecule has 1 saturated heterocycles. The Morgan fingerprint density at radius 3 is 2.39 bits per heavy atom. The van der Waals surface area contributed by atoms with Crippen LogP contribution in [-0.2, 0) is 0 Å². The molecule has 0 atom stereocenters. The van der Waals surface area contributed by atoms with Crippen molar-refractivity contribution >= 4 is 30.1 Å². The molecule has 0 bridgehead atoms. The summed E-state index contributed by atoms with van der Waals surface area (Å²) in [6, 6.07) is 5.30. The molecule has 1 fully saturated rings. The van der Waals surface area contributed by atoms with Crippen molar-refractivity contribution in [2.75, 3.05) is 13.1 Å². The van der Waals surface area contributed by atoms with E-state index in [1.807, 2.05) is 4.90 Å². The van der Waals surface area contributed by atoms with Crippen LogP contribution in [0.25, 0.3) is 0 Å². The van der Waals surface area contributed by atoms with E-state index in [1.54, 1.807) is 18.2 Å². The Balaban J connectivity index is 2.15. The van der Waals surface area contributed by atoms with Crippen LogP contribution in [0.4, 0.5) is 0 Å². The number of benzene rings is 1. The van der Waals surface area contributed by atoms with Gasteiger partial charge in [-0.1, -0.05) is 30.9 Å². The molecule has 1 aliphatic rings. The van der Waals surface area contributed by atoms with Crippen LogP contribution in [0.1, 0.15) is 42.5 Å². The Morgan fingerprint density at radius 2 is 1.72 bits per heavy atom. The first-order valence-electron chi connectivity index (χ1n) is 6.46. The van der Waals surface area contributed by atoms with Crippen molar-refractivity contribution in [3.63, 3.8) is 0 Å². The molecule has 1 aliphatic heterocycles. The van der Waals surface area contributed by atoms with Crippen molar-refractivity contribution in [2.45, 2.75) is 37.0 Å². The Hall–Kier alpha value is -0.670. The Kier molecular flexibility index (Phi) is 4.95. The molecule has 0 aliphatic carbocycles. The van der Waals surface area contributed by atoms with Crippen LogP contribution in [0.15, 0.2) is 23.1 Å². The van der Waals surface area contributed by atoms with Crippen LogP contribution < -0.4 is 0 Å². The van der Waals surface area contributed by atoms with Crippen LogP contribution in [0.5, 0.6) is 0 Å². The molecule has 1 aromatic rings. The summed E-state index contributed by atoms with van der Waals surface area (Å²) in [5.74, 6) is 0.0396. The topological polar surface area (TPSA) is 20.3 Å². The largest absolute Gasteiger partial charge is 0.339 e. The average molecular weight is 284 g/mol. The third-order valence-corrected chi connectivity index (χ3v) is 3.93. The normalized spacial score (nSPS) is 17.1. The van der Waals surface area contributed by atoms with Gasteiger partial charge in [0.1, 0.15) is 0 Å². The maximum absolute atomic E-state index is 12.4. The van der Waals surface area contributed by atoms with Crippen molar-refractivity contribution < 1.29 is 4.79 Å². The fourth-order valence-corrected chi connectivity index (χ4v) is 2.70. The second-order valence-corrected chi connectivity index (χ2v) is 5.65. The number of carbonyl (C=O) groups is 1. The van der Waals surface area contributed by atoms with Gasteiger partial charge in [-0.3, -0.25) is 4.79 Å². The SMILES string of the molecule is O=C(c1cc(S)ccc1Cl)N1CCCCCCC1. The lowest BCUT2D eigenvalue weighted by Crippen LogP contribution is -2.34. The highest BCUT2D eigenvalue weighted by molar-refractivity contribution is 7.80. The van der Waals surface area contributed by atoms with Crippen molar-refractivity contribution in [1.29, 1.82) is 0 Å². The molecule has 0 radical (unpaired) electrons. The van der Waals surface area contributed by atoms with Crippen LogP contribution in [0.2, 0.25) is 5.02 Å². The molecule has 98 valence electrons. The smallest absolute Gasteiger partial charge is 0.255 e. The lowest BCUT2D eigenvalue weighted by molar-refractivity contribution is 0.0742. The van der Waals surface area contributed by atoms with Gasteiger partial charge < -0.3 is 4.90 Å². The molecule has 2 nitrogen and oxygen atoms in total. The Morgan fingerprint density at radius 1 is 1.11 bits per heavy atom. The van der Waals surface area contributed by atoms with E-state index in [4.69, 9.17) is 11.6 Å². The van der Waals surface area contributed by atoms with Gasteiger partial charge in [-0.05, 0) is 31.0 Å². The second-order valence-electron chi connectivity index (χ2n) is 4.72. The molecule has 1 amide bonds. The number of hydrogen-bond donors (Lipinski definition) is 1. The standard InChI is InChI=1S/C14H18ClNOS/c15-13-7-6-11(18)10-12(13)14(17)16-8-4-2-1-3-5-9-16/h6-7,10,18H,1-5,8-9H2. The maximum atomic E-state index is 12.4. The fourth-order valence-electron chi connectivity index (χ4n) is 2.30. The number of nitrogens with zero attached hydrogens (tertiary/aromatic N) is 1. The van der Waals surface area contributed by atoms with Gasteiger partial charge in [0.15, 0.2) is 0 Å². The summed E-state index contributed by atoms with van der Waals surface area (Å²) >= 11 is 10.4. The zero-order valence-electron chi connectivity index (χ0n) is 10.4. The molecular weight excluding hydrogens is 266 g/mol. The molecule has 4 heteroatoms. The molecule has 0 unspecified atom stereocenters. The lowest BCUT2D eigenvalue weighted by Gasteiger charge is -2.25. The Bertz CT molecular complexity index is 428. The molecular formula is C14H18ClNOS. The van der Waals surface area contributed by atoms with Gasteiger partial charge in [0.05, 0.1) is 10.6 Å². The quantitative estimate of drug-likeness (QED) is 0.772. The molecule has 0 saturated carbocycles. The van der Waals surface area contributed by atoms with Gasteiger partial charge in [0.2, 0.25) is 0 Å². The summed E-state index contributed by atoms with van der Waals surface area (Å²) in [6.07, 6.45) is 5.89. The van der Waals surface area contributed by atoms with E-state index in [-0.39, 0.29) is 5.91 Å². The van der Waals surface area contributed by atoms with E-state index in [0.29, 0.717) is 10.6 Å². The summed E-state index contributed by atoms with van der Waals surface area (Å²) in [6.45, 7) is 1.68. The first-order chi connectivity index (χ1) is 8.68. The first-order valence-corrected chi connectivity index (χ1v) is 7.29. The Labute approximate surface area is 119 Å². The van der Waals surface area contributed by atoms with E-state index in [0.717, 1.165) is 30.8 Å². The van der Waals surface area contributed by atoms with Gasteiger partial charge >= 0.3 is 0 Å². The number of likely N-dealkylation sites (tertiary alicyclic amines) is 1. The number of hydrogen-bond acceptors (Lipinski definition) is 2. The second kappa shape index (κ2) is 6.48. The molecule has 18 heavy (non-hydrogen) atoms. The van der Waals surface area contributed by atoms with Gasteiger partial charge in [-0.25, -0.2) is 0 Å². The summed E-state index contributed by atoms with van der Waals surface area (Å²) in [4.78, 5) is 15.1. The summed E-state index contributed by atoms with van der Waals surface area (Å²) in [5, 5.41) is 0.514. The zero-order chi connectivity index (χ0) is 13.0. The number of thiol groups is 1. The minimum atomic E-state index is 0.0396. The highest BCUT2D eigenvalue weighted by Crippen LogP contribution is 2.22. The minimum absolute atomic E-state index is 0.0396. The fraction of sp³-hybridized carbons (Fsp3) is 0.500. The lowest BCUT2D eigenvalue weighted by atomic mass is 10.1. The molecule has 2 rings (SSSR count). The molecule has 1 aromatic carbocycles. The number of amides is 1. The monoisotopic (exact) mass is 283 g/mol. The van der Waals surface area contributed by atoms with E-state index >= 15 is 0 Å². The van der Waals surface area contributed by atoms with E-state index in [9.17, 15) is 4.79 Å². The van der Waals surface area contributed by atoms with Crippen LogP contribution in [0, 0.1) is 0 Å². The van der Waals surface area contributed by atoms with Crippen molar-refractivity contribution in [1.82, 2.24) is 4.90 Å². The summed E-state index contributed by atoms with van der Waals surface area (Å²) in [5.41, 5.74) is 0.574. The minimum Gasteiger partial charge on any atom is -0.339 e. The van der Waals surface area contributed by atoms with Crippen molar-refractivity contribution in [2.24, 2.45) is 0 Å². The van der Waals surface area contributed by atoms with Crippen LogP contribution in [-0.4, -0.2) is 23.9 Å². The van der Waals surface area contributed by atoms with Crippen LogP contribution >= 0.6 is 24.2 Å². The molecule has 1 heterocycles. The van der Waals surface area contributed by atoms with Crippen LogP contribution in [0.3, 0.4) is 0 Å². The predicted molar refractivity (Wildman–Crippen MR) is 77.7 cm³/mol. The zero-order valence-corrected chi connectivity index (χ0v) is 12.0. The molecule has 0 aromatic heterocycles. The highest BCUT2D eigenvalue weighted by atomic mass is 35.5. The van der Waals surface area contributed by atoms with Gasteiger partial charge in [-0.15, -0.1) is 12.6 Å². The van der Waals surface area contributed by atoms with Gasteiger partial charge in [0, 0.05) is 18.0 Å². The number of carbonyl (C=O) groups excluding carboxylic acids is 1. The predicted octanol–water partition coefficient (Wildman–Crippen LogP) is 4.04. The summed E-state index contributed by atoms with van der Waals surface area (Å²) < 4.78 is 0. The van der Waals surface area contributed by atoms with E-state index in [1.165, 1.54) is 19.3 Å². The van der Waals surface area contributed by atoms with Gasteiger partial charge in [-0.2, -0.15) is 0 Å².